The molecule has 2 atom stereocenters. The molecular formula is C12H19NO2. The van der Waals surface area contributed by atoms with Crippen LogP contribution in [0.5, 0.6) is 0 Å². The van der Waals surface area contributed by atoms with Gasteiger partial charge in [-0.3, -0.25) is 4.79 Å². The number of hydrogen-bond acceptors (Lipinski definition) is 2. The standard InChI is InChI=1S/C12H19NO2/c13-7-11-2-8-1-9(3-11)5-12(4-8,6-11)10(14)15/h8-9H,1-7,13H2,(H,14,15)/t8-,9-,11?,12?/m1/s1. The molecular weight excluding hydrogens is 190 g/mol. The van der Waals surface area contributed by atoms with Gasteiger partial charge < -0.3 is 10.8 Å². The SMILES string of the molecule is NCC12C[C@H]3C[C@H](C1)CC(C(=O)O)(C3)C2. The molecule has 4 aliphatic rings. The van der Waals surface area contributed by atoms with Gasteiger partial charge in [-0.1, -0.05) is 0 Å². The van der Waals surface area contributed by atoms with Crippen LogP contribution < -0.4 is 5.73 Å². The summed E-state index contributed by atoms with van der Waals surface area (Å²) in [7, 11) is 0. The molecule has 4 fully saturated rings. The molecule has 0 unspecified atom stereocenters. The number of rotatable bonds is 2. The number of nitrogens with two attached hydrogens (primary N) is 1. The Labute approximate surface area is 90.0 Å². The summed E-state index contributed by atoms with van der Waals surface area (Å²) >= 11 is 0. The molecule has 0 aromatic rings. The van der Waals surface area contributed by atoms with E-state index in [9.17, 15) is 9.90 Å². The average molecular weight is 209 g/mol. The maximum absolute atomic E-state index is 11.5. The van der Waals surface area contributed by atoms with Crippen LogP contribution in [0.1, 0.15) is 38.5 Å². The Hall–Kier alpha value is -0.570. The van der Waals surface area contributed by atoms with Crippen molar-refractivity contribution in [3.8, 4) is 0 Å². The van der Waals surface area contributed by atoms with Crippen molar-refractivity contribution in [2.45, 2.75) is 38.5 Å². The van der Waals surface area contributed by atoms with Crippen LogP contribution in [0.2, 0.25) is 0 Å². The first-order valence-corrected chi connectivity index (χ1v) is 6.01. The molecule has 4 rings (SSSR count). The fourth-order valence-electron chi connectivity index (χ4n) is 4.94. The normalized spacial score (nSPS) is 52.1. The van der Waals surface area contributed by atoms with Crippen LogP contribution in [0.15, 0.2) is 0 Å². The van der Waals surface area contributed by atoms with E-state index < -0.39 is 11.4 Å². The lowest BCUT2D eigenvalue weighted by Crippen LogP contribution is -2.57. The molecule has 0 aliphatic heterocycles. The molecule has 0 saturated heterocycles. The molecule has 15 heavy (non-hydrogen) atoms. The van der Waals surface area contributed by atoms with Gasteiger partial charge in [-0.25, -0.2) is 0 Å². The smallest absolute Gasteiger partial charge is 0.309 e. The summed E-state index contributed by atoms with van der Waals surface area (Å²) in [5.74, 6) is 0.728. The Morgan fingerprint density at radius 1 is 1.27 bits per heavy atom. The average Bonchev–Trinajstić information content (AvgIpc) is 2.15. The Morgan fingerprint density at radius 2 is 1.87 bits per heavy atom. The minimum atomic E-state index is -0.561. The van der Waals surface area contributed by atoms with E-state index in [0.29, 0.717) is 18.4 Å². The van der Waals surface area contributed by atoms with Crippen LogP contribution >= 0.6 is 0 Å². The number of carboxylic acid groups (broad SMARTS) is 1. The van der Waals surface area contributed by atoms with E-state index in [1.165, 1.54) is 19.3 Å². The Kier molecular flexibility index (Phi) is 1.77. The minimum Gasteiger partial charge on any atom is -0.481 e. The van der Waals surface area contributed by atoms with Gasteiger partial charge in [0.2, 0.25) is 0 Å². The second kappa shape index (κ2) is 2.76. The molecule has 84 valence electrons. The molecule has 4 saturated carbocycles. The highest BCUT2D eigenvalue weighted by atomic mass is 16.4. The van der Waals surface area contributed by atoms with Crippen LogP contribution in [-0.2, 0) is 4.79 Å². The second-order valence-electron chi connectivity index (χ2n) is 6.25. The first-order valence-electron chi connectivity index (χ1n) is 6.01. The summed E-state index contributed by atoms with van der Waals surface area (Å²) in [6.45, 7) is 0.690. The number of carboxylic acids is 1. The monoisotopic (exact) mass is 209 g/mol. The lowest BCUT2D eigenvalue weighted by atomic mass is 9.44. The molecule has 0 radical (unpaired) electrons. The van der Waals surface area contributed by atoms with Crippen LogP contribution in [0.25, 0.3) is 0 Å². The van der Waals surface area contributed by atoms with Gasteiger partial charge in [0.25, 0.3) is 0 Å². The molecule has 3 heteroatoms. The van der Waals surface area contributed by atoms with Crippen molar-refractivity contribution >= 4 is 5.97 Å². The van der Waals surface area contributed by atoms with E-state index >= 15 is 0 Å². The van der Waals surface area contributed by atoms with Crippen LogP contribution in [-0.4, -0.2) is 17.6 Å². The summed E-state index contributed by atoms with van der Waals surface area (Å²) in [5.41, 5.74) is 5.68. The van der Waals surface area contributed by atoms with Gasteiger partial charge in [0.15, 0.2) is 0 Å². The van der Waals surface area contributed by atoms with Gasteiger partial charge in [-0.05, 0) is 62.3 Å². The third-order valence-corrected chi connectivity index (χ3v) is 5.07. The molecule has 0 spiro atoms. The zero-order chi connectivity index (χ0) is 10.7. The maximum atomic E-state index is 11.5. The molecule has 4 aliphatic carbocycles. The topological polar surface area (TPSA) is 63.3 Å². The predicted octanol–water partition coefficient (Wildman–Crippen LogP) is 1.62. The van der Waals surface area contributed by atoms with Gasteiger partial charge in [0.05, 0.1) is 5.41 Å². The summed E-state index contributed by atoms with van der Waals surface area (Å²) in [6.07, 6.45) is 6.32. The lowest BCUT2D eigenvalue weighted by molar-refractivity contribution is -0.173. The van der Waals surface area contributed by atoms with Gasteiger partial charge in [-0.2, -0.15) is 0 Å². The highest BCUT2D eigenvalue weighted by Crippen LogP contribution is 2.64. The van der Waals surface area contributed by atoms with E-state index in [2.05, 4.69) is 0 Å². The summed E-state index contributed by atoms with van der Waals surface area (Å²) < 4.78 is 0. The quantitative estimate of drug-likeness (QED) is 0.726. The van der Waals surface area contributed by atoms with Crippen LogP contribution in [0, 0.1) is 22.7 Å². The predicted molar refractivity (Wildman–Crippen MR) is 56.2 cm³/mol. The van der Waals surface area contributed by atoms with Crippen molar-refractivity contribution in [1.29, 1.82) is 0 Å². The third-order valence-electron chi connectivity index (χ3n) is 5.07. The highest BCUT2D eigenvalue weighted by Gasteiger charge is 2.60. The Balaban J connectivity index is 1.99. The van der Waals surface area contributed by atoms with Crippen molar-refractivity contribution in [2.75, 3.05) is 6.54 Å². The zero-order valence-corrected chi connectivity index (χ0v) is 9.04. The lowest BCUT2D eigenvalue weighted by Gasteiger charge is -2.60. The minimum absolute atomic E-state index is 0.183. The number of aliphatic carboxylic acids is 1. The van der Waals surface area contributed by atoms with Gasteiger partial charge in [-0.15, -0.1) is 0 Å². The van der Waals surface area contributed by atoms with Crippen molar-refractivity contribution in [1.82, 2.24) is 0 Å². The fraction of sp³-hybridized carbons (Fsp3) is 0.917. The highest BCUT2D eigenvalue weighted by molar-refractivity contribution is 5.75. The Morgan fingerprint density at radius 3 is 2.33 bits per heavy atom. The van der Waals surface area contributed by atoms with E-state index in [1.807, 2.05) is 0 Å². The number of carbonyl (C=O) groups is 1. The van der Waals surface area contributed by atoms with E-state index in [4.69, 9.17) is 5.73 Å². The molecule has 0 aromatic carbocycles. The molecule has 0 heterocycles. The van der Waals surface area contributed by atoms with Gasteiger partial charge >= 0.3 is 5.97 Å². The maximum Gasteiger partial charge on any atom is 0.309 e. The fourth-order valence-corrected chi connectivity index (χ4v) is 4.94. The summed E-state index contributed by atoms with van der Waals surface area (Å²) in [5, 5.41) is 9.45. The van der Waals surface area contributed by atoms with Crippen molar-refractivity contribution < 1.29 is 9.90 Å². The zero-order valence-electron chi connectivity index (χ0n) is 9.04. The van der Waals surface area contributed by atoms with E-state index in [1.54, 1.807) is 0 Å². The largest absolute Gasteiger partial charge is 0.481 e. The molecule has 0 aromatic heterocycles. The molecule has 3 nitrogen and oxygen atoms in total. The van der Waals surface area contributed by atoms with Gasteiger partial charge in [0, 0.05) is 0 Å². The first-order chi connectivity index (χ1) is 7.07. The number of hydrogen-bond donors (Lipinski definition) is 2. The summed E-state index contributed by atoms with van der Waals surface area (Å²) in [6, 6.07) is 0. The second-order valence-corrected chi connectivity index (χ2v) is 6.25. The Bertz CT molecular complexity index is 299. The van der Waals surface area contributed by atoms with Crippen molar-refractivity contribution in [3.05, 3.63) is 0 Å². The summed E-state index contributed by atoms with van der Waals surface area (Å²) in [4.78, 5) is 11.5. The molecule has 3 N–H and O–H groups in total. The first kappa shape index (κ1) is 9.64. The van der Waals surface area contributed by atoms with Crippen LogP contribution in [0.3, 0.4) is 0 Å². The molecule has 4 bridgehead atoms. The van der Waals surface area contributed by atoms with Gasteiger partial charge in [0.1, 0.15) is 0 Å². The van der Waals surface area contributed by atoms with Crippen LogP contribution in [0.4, 0.5) is 0 Å². The van der Waals surface area contributed by atoms with Crippen molar-refractivity contribution in [2.24, 2.45) is 28.4 Å². The van der Waals surface area contributed by atoms with E-state index in [-0.39, 0.29) is 5.41 Å². The van der Waals surface area contributed by atoms with E-state index in [0.717, 1.165) is 19.3 Å². The van der Waals surface area contributed by atoms with Crippen molar-refractivity contribution in [3.63, 3.8) is 0 Å². The molecule has 0 amide bonds. The third kappa shape index (κ3) is 1.19.